The highest BCUT2D eigenvalue weighted by molar-refractivity contribution is 14.1. The van der Waals surface area contributed by atoms with Crippen LogP contribution in [0.5, 0.6) is 0 Å². The van der Waals surface area contributed by atoms with E-state index in [1.165, 1.54) is 18.2 Å². The van der Waals surface area contributed by atoms with Gasteiger partial charge in [-0.2, -0.15) is 16.3 Å². The van der Waals surface area contributed by atoms with E-state index in [0.29, 0.717) is 31.4 Å². The first-order chi connectivity index (χ1) is 11.7. The highest BCUT2D eigenvalue weighted by Crippen LogP contribution is 2.27. The van der Waals surface area contributed by atoms with Crippen molar-refractivity contribution in [3.63, 3.8) is 0 Å². The fourth-order valence-corrected chi connectivity index (χ4v) is 4.17. The maximum Gasteiger partial charge on any atom is 0.274 e. The molecule has 0 amide bonds. The zero-order valence-corrected chi connectivity index (χ0v) is 17.6. The summed E-state index contributed by atoms with van der Waals surface area (Å²) in [5, 5.41) is 7.88. The number of nitrogens with zero attached hydrogens (tertiary/aromatic N) is 1. The molecule has 0 aliphatic heterocycles. The number of carbonyl (C=O) groups excluding carboxylic acids is 1. The number of rotatable bonds is 5. The van der Waals surface area contributed by atoms with Gasteiger partial charge in [-0.25, -0.2) is 9.53 Å². The van der Waals surface area contributed by atoms with Gasteiger partial charge in [0.05, 0.1) is 27.3 Å². The zero-order valence-electron chi connectivity index (χ0n) is 13.0. The fraction of sp³-hybridized carbons (Fsp3) is 0.429. The van der Waals surface area contributed by atoms with Crippen molar-refractivity contribution >= 4 is 66.3 Å². The van der Waals surface area contributed by atoms with Crippen molar-refractivity contribution in [1.82, 2.24) is 4.72 Å². The summed E-state index contributed by atoms with van der Waals surface area (Å²) in [6.07, 6.45) is 2.14. The zero-order chi connectivity index (χ0) is 18.6. The largest absolute Gasteiger partial charge is 0.337 e. The maximum atomic E-state index is 13.3. The molecule has 1 fully saturated rings. The number of ketones is 1. The van der Waals surface area contributed by atoms with Crippen LogP contribution in [0.25, 0.3) is 0 Å². The lowest BCUT2D eigenvalue weighted by molar-refractivity contribution is -0.117. The van der Waals surface area contributed by atoms with E-state index in [2.05, 4.69) is 29.2 Å². The molecule has 1 aliphatic rings. The van der Waals surface area contributed by atoms with Crippen molar-refractivity contribution < 1.29 is 17.6 Å². The fourth-order valence-electron chi connectivity index (χ4n) is 2.73. The summed E-state index contributed by atoms with van der Waals surface area (Å²) >= 11 is 4.83. The van der Waals surface area contributed by atoms with Crippen LogP contribution in [0.3, 0.4) is 0 Å². The first kappa shape index (κ1) is 20.7. The van der Waals surface area contributed by atoms with Crippen molar-refractivity contribution in [1.29, 1.82) is 0 Å². The smallest absolute Gasteiger partial charge is 0.274 e. The third-order valence-electron chi connectivity index (χ3n) is 3.93. The van der Waals surface area contributed by atoms with E-state index in [-0.39, 0.29) is 28.1 Å². The monoisotopic (exact) mass is 546 g/mol. The molecule has 7 nitrogen and oxygen atoms in total. The highest BCUT2D eigenvalue weighted by atomic mass is 127. The number of nitrogens with one attached hydrogen (secondary N) is 2. The van der Waals surface area contributed by atoms with Gasteiger partial charge in [-0.3, -0.25) is 4.79 Å². The van der Waals surface area contributed by atoms with Crippen LogP contribution in [0.4, 0.5) is 10.1 Å². The molecule has 0 spiro atoms. The number of benzene rings is 1. The average molecular weight is 547 g/mol. The SMILES string of the molecule is NS(=O)(=O)NC1CCC(C(=O)C(=NI)Nc2ccc(F)c(Br)c2)CC1. The van der Waals surface area contributed by atoms with Crippen molar-refractivity contribution in [3.8, 4) is 0 Å². The van der Waals surface area contributed by atoms with Gasteiger partial charge >= 0.3 is 0 Å². The highest BCUT2D eigenvalue weighted by Gasteiger charge is 2.30. The molecule has 0 aromatic heterocycles. The van der Waals surface area contributed by atoms with Gasteiger partial charge < -0.3 is 5.32 Å². The van der Waals surface area contributed by atoms with E-state index in [4.69, 9.17) is 5.14 Å². The second kappa shape index (κ2) is 8.84. The van der Waals surface area contributed by atoms with Gasteiger partial charge in [0, 0.05) is 17.6 Å². The van der Waals surface area contributed by atoms with Crippen molar-refractivity contribution in [3.05, 3.63) is 28.5 Å². The Kier molecular flexibility index (Phi) is 7.31. The number of carbonyl (C=O) groups is 1. The van der Waals surface area contributed by atoms with Gasteiger partial charge in [0.1, 0.15) is 5.82 Å². The third-order valence-corrected chi connectivity index (χ3v) is 5.68. The molecule has 4 N–H and O–H groups in total. The third kappa shape index (κ3) is 6.24. The van der Waals surface area contributed by atoms with Crippen LogP contribution < -0.4 is 15.2 Å². The lowest BCUT2D eigenvalue weighted by Gasteiger charge is -2.27. The first-order valence-corrected chi connectivity index (χ1v) is 10.8. The van der Waals surface area contributed by atoms with E-state index in [0.717, 1.165) is 0 Å². The molecule has 0 unspecified atom stereocenters. The Labute approximate surface area is 167 Å². The van der Waals surface area contributed by atoms with Gasteiger partial charge in [-0.05, 0) is 59.8 Å². The van der Waals surface area contributed by atoms with Crippen LogP contribution in [0, 0.1) is 11.7 Å². The molecule has 0 atom stereocenters. The van der Waals surface area contributed by atoms with Gasteiger partial charge in [0.2, 0.25) is 5.78 Å². The molecule has 11 heteroatoms. The molecule has 2 rings (SSSR count). The Balaban J connectivity index is 1.98. The lowest BCUT2D eigenvalue weighted by Crippen LogP contribution is -2.43. The summed E-state index contributed by atoms with van der Waals surface area (Å²) in [4.78, 5) is 12.6. The summed E-state index contributed by atoms with van der Waals surface area (Å²) in [5.41, 5.74) is 0.543. The predicted octanol–water partition coefficient (Wildman–Crippen LogP) is 2.67. The molecule has 0 radical (unpaired) electrons. The summed E-state index contributed by atoms with van der Waals surface area (Å²) in [5.74, 6) is -0.611. The molecule has 0 heterocycles. The molecule has 138 valence electrons. The Hall–Kier alpha value is -0.630. The Morgan fingerprint density at radius 3 is 2.48 bits per heavy atom. The number of hydrogen-bond donors (Lipinski definition) is 3. The molecule has 1 saturated carbocycles. The van der Waals surface area contributed by atoms with E-state index >= 15 is 0 Å². The summed E-state index contributed by atoms with van der Waals surface area (Å²) in [6.45, 7) is 0. The number of amidine groups is 1. The lowest BCUT2D eigenvalue weighted by atomic mass is 9.83. The molecule has 0 saturated heterocycles. The van der Waals surface area contributed by atoms with Crippen LogP contribution in [0.15, 0.2) is 25.9 Å². The standard InChI is InChI=1S/C14H17BrFIN4O3S/c15-11-7-10(5-6-12(11)16)19-14(20-17)13(22)8-1-3-9(4-2-8)21-25(18,23)24/h5-9,21H,1-4H2,(H,19,20)(H2,18,23,24). The predicted molar refractivity (Wildman–Crippen MR) is 106 cm³/mol. The van der Waals surface area contributed by atoms with Crippen LogP contribution in [0.1, 0.15) is 25.7 Å². The molecular formula is C14H17BrFIN4O3S. The Morgan fingerprint density at radius 1 is 1.32 bits per heavy atom. The second-order valence-electron chi connectivity index (χ2n) is 5.76. The molecule has 1 aromatic carbocycles. The number of Topliss-reactive ketones (excluding diaryl/α,β-unsaturated/α-hetero) is 1. The molecule has 1 aromatic rings. The molecule has 25 heavy (non-hydrogen) atoms. The van der Waals surface area contributed by atoms with Crippen molar-refractivity contribution in [2.24, 2.45) is 14.3 Å². The van der Waals surface area contributed by atoms with Crippen LogP contribution >= 0.6 is 38.8 Å². The van der Waals surface area contributed by atoms with Gasteiger partial charge in [-0.15, -0.1) is 0 Å². The first-order valence-electron chi connectivity index (χ1n) is 7.45. The number of halogens is 3. The van der Waals surface area contributed by atoms with E-state index < -0.39 is 16.0 Å². The van der Waals surface area contributed by atoms with E-state index in [1.807, 2.05) is 0 Å². The van der Waals surface area contributed by atoms with Crippen molar-refractivity contribution in [2.75, 3.05) is 5.32 Å². The average Bonchev–Trinajstić information content (AvgIpc) is 2.54. The number of hydrogen-bond acceptors (Lipinski definition) is 4. The minimum Gasteiger partial charge on any atom is -0.337 e. The number of nitrogens with two attached hydrogens (primary N) is 1. The van der Waals surface area contributed by atoms with E-state index in [9.17, 15) is 17.6 Å². The van der Waals surface area contributed by atoms with Gasteiger partial charge in [0.25, 0.3) is 10.2 Å². The quantitative estimate of drug-likeness (QED) is 0.299. The molecule has 0 bridgehead atoms. The van der Waals surface area contributed by atoms with Gasteiger partial charge in [-0.1, -0.05) is 0 Å². The Morgan fingerprint density at radius 2 is 1.96 bits per heavy atom. The Bertz CT molecular complexity index is 782. The van der Waals surface area contributed by atoms with Crippen LogP contribution in [-0.2, 0) is 15.0 Å². The van der Waals surface area contributed by atoms with Gasteiger partial charge in [0.15, 0.2) is 5.84 Å². The molecular weight excluding hydrogens is 530 g/mol. The maximum absolute atomic E-state index is 13.3. The second-order valence-corrected chi connectivity index (χ2v) is 8.43. The molecule has 1 aliphatic carbocycles. The number of anilines is 1. The summed E-state index contributed by atoms with van der Waals surface area (Å²) < 4.78 is 42.0. The van der Waals surface area contributed by atoms with E-state index in [1.54, 1.807) is 22.9 Å². The topological polar surface area (TPSA) is 114 Å². The van der Waals surface area contributed by atoms with Crippen LogP contribution in [0.2, 0.25) is 0 Å². The normalized spacial score (nSPS) is 21.8. The minimum atomic E-state index is -3.74. The van der Waals surface area contributed by atoms with Crippen LogP contribution in [-0.4, -0.2) is 26.1 Å². The summed E-state index contributed by atoms with van der Waals surface area (Å²) in [6, 6.07) is 4.07. The minimum absolute atomic E-state index is 0.149. The summed E-state index contributed by atoms with van der Waals surface area (Å²) in [7, 11) is -3.74. The van der Waals surface area contributed by atoms with Crippen molar-refractivity contribution in [2.45, 2.75) is 31.7 Å².